The van der Waals surface area contributed by atoms with Crippen molar-refractivity contribution in [3.8, 4) is 0 Å². The molecule has 56 valence electrons. The van der Waals surface area contributed by atoms with Gasteiger partial charge in [0.1, 0.15) is 12.0 Å². The van der Waals surface area contributed by atoms with E-state index >= 15 is 0 Å². The van der Waals surface area contributed by atoms with Gasteiger partial charge in [0, 0.05) is 5.75 Å². The molecule has 0 rings (SSSR count). The lowest BCUT2D eigenvalue weighted by Crippen LogP contribution is -2.34. The summed E-state index contributed by atoms with van der Waals surface area (Å²) in [4.78, 5) is 19.8. The van der Waals surface area contributed by atoms with Crippen LogP contribution in [-0.2, 0) is 9.59 Å². The highest BCUT2D eigenvalue weighted by molar-refractivity contribution is 7.80. The van der Waals surface area contributed by atoms with Crippen molar-refractivity contribution >= 4 is 24.5 Å². The van der Waals surface area contributed by atoms with E-state index in [1.54, 1.807) is 0 Å². The van der Waals surface area contributed by atoms with E-state index in [9.17, 15) is 9.59 Å². The number of aliphatic carboxylic acids is 1. The minimum Gasteiger partial charge on any atom is -0.480 e. The number of nitrogens with one attached hydrogen (secondary N) is 1. The first-order chi connectivity index (χ1) is 4.72. The fourth-order valence-corrected chi connectivity index (χ4v) is 0.598. The Bertz CT molecular complexity index is 164. The molecule has 0 heterocycles. The van der Waals surface area contributed by atoms with Gasteiger partial charge in [0.25, 0.3) is 0 Å². The molecule has 4 nitrogen and oxygen atoms in total. The van der Waals surface area contributed by atoms with Crippen LogP contribution in [0.1, 0.15) is 0 Å². The summed E-state index contributed by atoms with van der Waals surface area (Å²) in [5.41, 5.74) is 0. The van der Waals surface area contributed by atoms with Crippen molar-refractivity contribution < 1.29 is 14.7 Å². The van der Waals surface area contributed by atoms with Crippen LogP contribution in [0.15, 0.2) is 6.20 Å². The molecule has 1 atom stereocenters. The molecule has 5 heteroatoms. The summed E-state index contributed by atoms with van der Waals surface area (Å²) >= 11 is 3.73. The molecule has 2 N–H and O–H groups in total. The maximum Gasteiger partial charge on any atom is 0.326 e. The fourth-order valence-electron chi connectivity index (χ4n) is 0.337. The zero-order chi connectivity index (χ0) is 7.98. The Morgan fingerprint density at radius 2 is 2.50 bits per heavy atom. The first-order valence-electron chi connectivity index (χ1n) is 2.51. The molecular weight excluding hydrogens is 154 g/mol. The summed E-state index contributed by atoms with van der Waals surface area (Å²) in [6, 6.07) is -0.815. The molecule has 0 bridgehead atoms. The Morgan fingerprint density at radius 1 is 1.90 bits per heavy atom. The lowest BCUT2D eigenvalue weighted by atomic mass is 10.3. The second-order valence-corrected chi connectivity index (χ2v) is 1.87. The van der Waals surface area contributed by atoms with E-state index in [1.165, 1.54) is 5.94 Å². The highest BCUT2D eigenvalue weighted by atomic mass is 32.1. The van der Waals surface area contributed by atoms with E-state index in [4.69, 9.17) is 5.11 Å². The third kappa shape index (κ3) is 3.17. The largest absolute Gasteiger partial charge is 0.480 e. The number of carbonyl (C=O) groups is 1. The molecule has 0 aliphatic rings. The molecule has 0 aromatic heterocycles. The summed E-state index contributed by atoms with van der Waals surface area (Å²) in [7, 11) is 0. The van der Waals surface area contributed by atoms with Gasteiger partial charge in [-0.05, 0) is 0 Å². The summed E-state index contributed by atoms with van der Waals surface area (Å²) in [5.74, 6) is 0.496. The normalized spacial score (nSPS) is 11.3. The SMILES string of the molecule is O=C=CN[C@@H](CS)C(=O)O. The van der Waals surface area contributed by atoms with Crippen LogP contribution in [0.5, 0.6) is 0 Å². The quantitative estimate of drug-likeness (QED) is 0.377. The maximum atomic E-state index is 10.2. The predicted octanol–water partition coefficient (Wildman–Crippen LogP) is -0.696. The molecule has 0 aliphatic heterocycles. The molecule has 0 fully saturated rings. The molecular formula is C5H7NO3S. The van der Waals surface area contributed by atoms with Crippen LogP contribution in [0.25, 0.3) is 0 Å². The summed E-state index contributed by atoms with van der Waals surface area (Å²) in [6.45, 7) is 0. The van der Waals surface area contributed by atoms with Crippen LogP contribution in [0.4, 0.5) is 0 Å². The molecule has 0 spiro atoms. The first kappa shape index (κ1) is 9.07. The molecule has 0 aliphatic carbocycles. The fraction of sp³-hybridized carbons (Fsp3) is 0.400. The van der Waals surface area contributed by atoms with Crippen LogP contribution < -0.4 is 5.32 Å². The Hall–Kier alpha value is -0.930. The van der Waals surface area contributed by atoms with Gasteiger partial charge in [0.2, 0.25) is 0 Å². The maximum absolute atomic E-state index is 10.2. The van der Waals surface area contributed by atoms with Crippen LogP contribution in [0, 0.1) is 0 Å². The third-order valence-corrected chi connectivity index (χ3v) is 1.19. The zero-order valence-electron chi connectivity index (χ0n) is 5.07. The highest BCUT2D eigenvalue weighted by Crippen LogP contribution is 1.86. The Kier molecular flexibility index (Phi) is 4.45. The van der Waals surface area contributed by atoms with E-state index in [0.29, 0.717) is 0 Å². The lowest BCUT2D eigenvalue weighted by Gasteiger charge is -2.06. The number of hydrogen-bond acceptors (Lipinski definition) is 4. The Labute approximate surface area is 63.3 Å². The van der Waals surface area contributed by atoms with Gasteiger partial charge in [-0.25, -0.2) is 9.59 Å². The van der Waals surface area contributed by atoms with E-state index < -0.39 is 12.0 Å². The molecule has 0 saturated carbocycles. The van der Waals surface area contributed by atoms with Gasteiger partial charge in [-0.1, -0.05) is 0 Å². The topological polar surface area (TPSA) is 66.4 Å². The van der Waals surface area contributed by atoms with Crippen molar-refractivity contribution in [1.29, 1.82) is 0 Å². The Balaban J connectivity index is 3.82. The average Bonchev–Trinajstić information content (AvgIpc) is 1.89. The van der Waals surface area contributed by atoms with Crippen molar-refractivity contribution in [1.82, 2.24) is 5.32 Å². The second kappa shape index (κ2) is 4.90. The highest BCUT2D eigenvalue weighted by Gasteiger charge is 2.11. The second-order valence-electron chi connectivity index (χ2n) is 1.50. The molecule has 0 amide bonds. The molecule has 10 heavy (non-hydrogen) atoms. The van der Waals surface area contributed by atoms with E-state index in [0.717, 1.165) is 6.20 Å². The van der Waals surface area contributed by atoms with Gasteiger partial charge in [0.15, 0.2) is 0 Å². The van der Waals surface area contributed by atoms with Gasteiger partial charge in [0.05, 0.1) is 6.20 Å². The van der Waals surface area contributed by atoms with Gasteiger partial charge in [-0.15, -0.1) is 0 Å². The zero-order valence-corrected chi connectivity index (χ0v) is 5.97. The summed E-state index contributed by atoms with van der Waals surface area (Å²) in [5, 5.41) is 10.6. The number of carboxylic acids is 1. The smallest absolute Gasteiger partial charge is 0.326 e. The van der Waals surface area contributed by atoms with Gasteiger partial charge >= 0.3 is 5.97 Å². The van der Waals surface area contributed by atoms with Crippen molar-refractivity contribution in [2.75, 3.05) is 5.75 Å². The standard InChI is InChI=1S/C5H7NO3S/c7-2-1-6-4(3-10)5(8)9/h1,4,6,10H,3H2,(H,8,9)/t4-/m0/s1. The number of carboxylic acid groups (broad SMARTS) is 1. The van der Waals surface area contributed by atoms with Crippen molar-refractivity contribution in [3.05, 3.63) is 6.20 Å². The molecule has 0 saturated heterocycles. The third-order valence-electron chi connectivity index (χ3n) is 0.824. The van der Waals surface area contributed by atoms with Crippen LogP contribution >= 0.6 is 12.6 Å². The number of thiol groups is 1. The minimum absolute atomic E-state index is 0.132. The molecule has 0 unspecified atom stereocenters. The van der Waals surface area contributed by atoms with Crippen LogP contribution in [0.2, 0.25) is 0 Å². The molecule has 0 aromatic rings. The van der Waals surface area contributed by atoms with Crippen molar-refractivity contribution in [3.63, 3.8) is 0 Å². The Morgan fingerprint density at radius 3 is 2.80 bits per heavy atom. The predicted molar refractivity (Wildman–Crippen MR) is 38.7 cm³/mol. The van der Waals surface area contributed by atoms with Gasteiger partial charge < -0.3 is 10.4 Å². The molecule has 0 radical (unpaired) electrons. The van der Waals surface area contributed by atoms with Gasteiger partial charge in [-0.3, -0.25) is 0 Å². The van der Waals surface area contributed by atoms with Gasteiger partial charge in [-0.2, -0.15) is 12.6 Å². The minimum atomic E-state index is -1.04. The van der Waals surface area contributed by atoms with E-state index in [-0.39, 0.29) is 5.75 Å². The average molecular weight is 161 g/mol. The van der Waals surface area contributed by atoms with Crippen molar-refractivity contribution in [2.24, 2.45) is 0 Å². The summed E-state index contributed by atoms with van der Waals surface area (Å²) in [6.07, 6.45) is 0.912. The van der Waals surface area contributed by atoms with Crippen LogP contribution in [0.3, 0.4) is 0 Å². The number of hydrogen-bond donors (Lipinski definition) is 3. The monoisotopic (exact) mass is 161 g/mol. The first-order valence-corrected chi connectivity index (χ1v) is 3.14. The molecule has 0 aromatic carbocycles. The number of carbonyl (C=O) groups excluding carboxylic acids is 1. The lowest BCUT2D eigenvalue weighted by molar-refractivity contribution is -0.138. The number of rotatable bonds is 4. The van der Waals surface area contributed by atoms with Crippen molar-refractivity contribution in [2.45, 2.75) is 6.04 Å². The van der Waals surface area contributed by atoms with E-state index in [2.05, 4.69) is 17.9 Å². The van der Waals surface area contributed by atoms with E-state index in [1.807, 2.05) is 0 Å². The van der Waals surface area contributed by atoms with Crippen LogP contribution in [-0.4, -0.2) is 28.8 Å². The summed E-state index contributed by atoms with van der Waals surface area (Å²) < 4.78 is 0.